The van der Waals surface area contributed by atoms with E-state index in [1.807, 2.05) is 42.5 Å². The SMILES string of the molecule is O=C(NC[C@@H]1CCCOC1)c1cc(-c2ccncc2)nc2ccccc12. The van der Waals surface area contributed by atoms with Gasteiger partial charge in [0, 0.05) is 36.5 Å². The highest BCUT2D eigenvalue weighted by Gasteiger charge is 2.17. The molecule has 3 aromatic rings. The monoisotopic (exact) mass is 347 g/mol. The average Bonchev–Trinajstić information content (AvgIpc) is 2.72. The van der Waals surface area contributed by atoms with Gasteiger partial charge in [0.05, 0.1) is 23.4 Å². The molecule has 0 spiro atoms. The first kappa shape index (κ1) is 16.7. The number of hydrogen-bond donors (Lipinski definition) is 1. The summed E-state index contributed by atoms with van der Waals surface area (Å²) in [6, 6.07) is 13.4. The van der Waals surface area contributed by atoms with Gasteiger partial charge in [0.25, 0.3) is 5.91 Å². The van der Waals surface area contributed by atoms with Crippen LogP contribution >= 0.6 is 0 Å². The van der Waals surface area contributed by atoms with E-state index >= 15 is 0 Å². The second-order valence-electron chi connectivity index (χ2n) is 6.60. The van der Waals surface area contributed by atoms with E-state index in [2.05, 4.69) is 10.3 Å². The highest BCUT2D eigenvalue weighted by molar-refractivity contribution is 6.07. The van der Waals surface area contributed by atoms with Crippen molar-refractivity contribution >= 4 is 16.8 Å². The van der Waals surface area contributed by atoms with E-state index in [4.69, 9.17) is 9.72 Å². The minimum Gasteiger partial charge on any atom is -0.381 e. The maximum atomic E-state index is 12.9. The summed E-state index contributed by atoms with van der Waals surface area (Å²) in [5.74, 6) is 0.324. The van der Waals surface area contributed by atoms with E-state index in [9.17, 15) is 4.79 Å². The lowest BCUT2D eigenvalue weighted by Crippen LogP contribution is -2.33. The van der Waals surface area contributed by atoms with Crippen LogP contribution in [0.3, 0.4) is 0 Å². The van der Waals surface area contributed by atoms with Crippen LogP contribution in [0.25, 0.3) is 22.2 Å². The Morgan fingerprint density at radius 2 is 2.04 bits per heavy atom. The third kappa shape index (κ3) is 3.58. The fraction of sp³-hybridized carbons (Fsp3) is 0.286. The Bertz CT molecular complexity index is 906. The van der Waals surface area contributed by atoms with Gasteiger partial charge in [0.2, 0.25) is 0 Å². The summed E-state index contributed by atoms with van der Waals surface area (Å²) < 4.78 is 5.50. The number of ether oxygens (including phenoxy) is 1. The number of hydrogen-bond acceptors (Lipinski definition) is 4. The summed E-state index contributed by atoms with van der Waals surface area (Å²) in [6.45, 7) is 2.19. The number of nitrogens with one attached hydrogen (secondary N) is 1. The predicted octanol–water partition coefficient (Wildman–Crippen LogP) is 3.45. The van der Waals surface area contributed by atoms with Gasteiger partial charge in [0.15, 0.2) is 0 Å². The van der Waals surface area contributed by atoms with Crippen LogP contribution in [-0.2, 0) is 4.74 Å². The molecule has 1 saturated heterocycles. The normalized spacial score (nSPS) is 17.2. The number of fused-ring (bicyclic) bond motifs is 1. The van der Waals surface area contributed by atoms with Gasteiger partial charge in [-0.25, -0.2) is 4.98 Å². The fourth-order valence-corrected chi connectivity index (χ4v) is 3.33. The average molecular weight is 347 g/mol. The second kappa shape index (κ2) is 7.62. The summed E-state index contributed by atoms with van der Waals surface area (Å²) in [6.07, 6.45) is 5.62. The van der Waals surface area contributed by atoms with E-state index in [1.165, 1.54) is 0 Å². The molecule has 1 N–H and O–H groups in total. The topological polar surface area (TPSA) is 64.1 Å². The Morgan fingerprint density at radius 1 is 1.19 bits per heavy atom. The first-order chi connectivity index (χ1) is 12.8. The molecule has 1 aromatic carbocycles. The zero-order chi connectivity index (χ0) is 17.8. The van der Waals surface area contributed by atoms with Crippen LogP contribution in [0.5, 0.6) is 0 Å². The molecule has 1 aliphatic heterocycles. The van der Waals surface area contributed by atoms with Gasteiger partial charge in [-0.2, -0.15) is 0 Å². The van der Waals surface area contributed by atoms with Crippen molar-refractivity contribution in [2.75, 3.05) is 19.8 Å². The third-order valence-corrected chi connectivity index (χ3v) is 4.74. The maximum Gasteiger partial charge on any atom is 0.252 e. The molecule has 0 radical (unpaired) electrons. The van der Waals surface area contributed by atoms with Crippen molar-refractivity contribution in [3.8, 4) is 11.3 Å². The number of carbonyl (C=O) groups is 1. The van der Waals surface area contributed by atoms with E-state index in [-0.39, 0.29) is 5.91 Å². The third-order valence-electron chi connectivity index (χ3n) is 4.74. The Balaban J connectivity index is 1.65. The summed E-state index contributed by atoms with van der Waals surface area (Å²) in [5.41, 5.74) is 3.19. The van der Waals surface area contributed by atoms with Crippen LogP contribution in [-0.4, -0.2) is 35.6 Å². The van der Waals surface area contributed by atoms with E-state index in [0.717, 1.165) is 48.2 Å². The van der Waals surface area contributed by atoms with Gasteiger partial charge in [-0.3, -0.25) is 9.78 Å². The molecule has 1 atom stereocenters. The Hall–Kier alpha value is -2.79. The summed E-state index contributed by atoms with van der Waals surface area (Å²) in [5, 5.41) is 3.94. The van der Waals surface area contributed by atoms with Gasteiger partial charge in [-0.1, -0.05) is 18.2 Å². The minimum atomic E-state index is -0.0653. The molecule has 26 heavy (non-hydrogen) atoms. The molecule has 4 rings (SSSR count). The largest absolute Gasteiger partial charge is 0.381 e. The van der Waals surface area contributed by atoms with Gasteiger partial charge >= 0.3 is 0 Å². The molecule has 5 heteroatoms. The molecule has 1 amide bonds. The second-order valence-corrected chi connectivity index (χ2v) is 6.60. The number of amides is 1. The summed E-state index contributed by atoms with van der Waals surface area (Å²) in [7, 11) is 0. The first-order valence-electron chi connectivity index (χ1n) is 8.97. The molecule has 1 aliphatic rings. The number of carbonyl (C=O) groups excluding carboxylic acids is 1. The van der Waals surface area contributed by atoms with Crippen LogP contribution in [0.1, 0.15) is 23.2 Å². The van der Waals surface area contributed by atoms with Gasteiger partial charge in [-0.05, 0) is 43.0 Å². The summed E-state index contributed by atoms with van der Waals surface area (Å²) in [4.78, 5) is 21.7. The van der Waals surface area contributed by atoms with Crippen LogP contribution in [0.4, 0.5) is 0 Å². The molecular formula is C21H21N3O2. The van der Waals surface area contributed by atoms with Gasteiger partial charge in [-0.15, -0.1) is 0 Å². The highest BCUT2D eigenvalue weighted by atomic mass is 16.5. The van der Waals surface area contributed by atoms with Gasteiger partial charge < -0.3 is 10.1 Å². The summed E-state index contributed by atoms with van der Waals surface area (Å²) >= 11 is 0. The first-order valence-corrected chi connectivity index (χ1v) is 8.97. The fourth-order valence-electron chi connectivity index (χ4n) is 3.33. The number of aromatic nitrogens is 2. The molecule has 2 aromatic heterocycles. The molecule has 132 valence electrons. The number of nitrogens with zero attached hydrogens (tertiary/aromatic N) is 2. The van der Waals surface area contributed by atoms with E-state index in [0.29, 0.717) is 18.0 Å². The lowest BCUT2D eigenvalue weighted by Gasteiger charge is -2.22. The zero-order valence-electron chi connectivity index (χ0n) is 14.5. The molecule has 0 aliphatic carbocycles. The molecule has 3 heterocycles. The minimum absolute atomic E-state index is 0.0653. The number of para-hydroxylation sites is 1. The molecular weight excluding hydrogens is 326 g/mol. The number of pyridine rings is 2. The zero-order valence-corrected chi connectivity index (χ0v) is 14.5. The number of rotatable bonds is 4. The van der Waals surface area contributed by atoms with Crippen molar-refractivity contribution < 1.29 is 9.53 Å². The van der Waals surface area contributed by atoms with Crippen molar-refractivity contribution in [3.05, 3.63) is 60.4 Å². The van der Waals surface area contributed by atoms with Crippen molar-refractivity contribution in [2.45, 2.75) is 12.8 Å². The van der Waals surface area contributed by atoms with Crippen molar-refractivity contribution in [1.82, 2.24) is 15.3 Å². The highest BCUT2D eigenvalue weighted by Crippen LogP contribution is 2.24. The molecule has 1 fully saturated rings. The number of benzene rings is 1. The Morgan fingerprint density at radius 3 is 2.85 bits per heavy atom. The van der Waals surface area contributed by atoms with Crippen LogP contribution in [0.15, 0.2) is 54.9 Å². The Labute approximate surface area is 152 Å². The molecule has 0 bridgehead atoms. The van der Waals surface area contributed by atoms with Crippen LogP contribution < -0.4 is 5.32 Å². The van der Waals surface area contributed by atoms with Crippen LogP contribution in [0.2, 0.25) is 0 Å². The van der Waals surface area contributed by atoms with Crippen molar-refractivity contribution in [2.24, 2.45) is 5.92 Å². The van der Waals surface area contributed by atoms with Crippen molar-refractivity contribution in [3.63, 3.8) is 0 Å². The Kier molecular flexibility index (Phi) is 4.88. The lowest BCUT2D eigenvalue weighted by molar-refractivity contribution is 0.0536. The van der Waals surface area contributed by atoms with Crippen LogP contribution in [0, 0.1) is 5.92 Å². The smallest absolute Gasteiger partial charge is 0.252 e. The standard InChI is InChI=1S/C21H21N3O2/c25-21(23-13-15-4-3-11-26-14-15)18-12-20(16-7-9-22-10-8-16)24-19-6-2-1-5-17(18)19/h1-2,5-10,12,15H,3-4,11,13-14H2,(H,23,25)/t15-/m0/s1. The molecule has 5 nitrogen and oxygen atoms in total. The quantitative estimate of drug-likeness (QED) is 0.785. The predicted molar refractivity (Wildman–Crippen MR) is 101 cm³/mol. The van der Waals surface area contributed by atoms with E-state index in [1.54, 1.807) is 12.4 Å². The van der Waals surface area contributed by atoms with Gasteiger partial charge in [0.1, 0.15) is 0 Å². The van der Waals surface area contributed by atoms with E-state index < -0.39 is 0 Å². The van der Waals surface area contributed by atoms with Crippen molar-refractivity contribution in [1.29, 1.82) is 0 Å². The maximum absolute atomic E-state index is 12.9. The molecule has 0 saturated carbocycles. The molecule has 0 unspecified atom stereocenters. The lowest BCUT2D eigenvalue weighted by atomic mass is 10.0.